The molecule has 0 saturated heterocycles. The van der Waals surface area contributed by atoms with Gasteiger partial charge in [-0.25, -0.2) is 8.78 Å². The van der Waals surface area contributed by atoms with Gasteiger partial charge in [0.1, 0.15) is 12.5 Å². The number of hydrogen-bond donors (Lipinski definition) is 0. The van der Waals surface area contributed by atoms with E-state index in [4.69, 9.17) is 5.26 Å². The molecule has 1 aromatic rings. The van der Waals surface area contributed by atoms with Crippen LogP contribution in [-0.4, -0.2) is 0 Å². The van der Waals surface area contributed by atoms with Crippen molar-refractivity contribution in [3.05, 3.63) is 35.1 Å². The predicted octanol–water partition coefficient (Wildman–Crippen LogP) is 2.17. The van der Waals surface area contributed by atoms with Gasteiger partial charge in [0, 0.05) is 5.56 Å². The molecule has 1 nitrogen and oxygen atoms in total. The number of benzene rings is 1. The summed E-state index contributed by atoms with van der Waals surface area (Å²) >= 11 is 0. The number of alkyl halides is 1. The van der Waals surface area contributed by atoms with Crippen LogP contribution >= 0.6 is 0 Å². The lowest BCUT2D eigenvalue weighted by atomic mass is 10.1. The molecular formula is C8H5F2N. The van der Waals surface area contributed by atoms with Crippen molar-refractivity contribution in [2.45, 2.75) is 6.67 Å². The van der Waals surface area contributed by atoms with Crippen molar-refractivity contribution in [3.63, 3.8) is 0 Å². The summed E-state index contributed by atoms with van der Waals surface area (Å²) in [6.45, 7) is -0.805. The largest absolute Gasteiger partial charge is 0.246 e. The van der Waals surface area contributed by atoms with Crippen molar-refractivity contribution >= 4 is 0 Å². The molecule has 0 aromatic heterocycles. The van der Waals surface area contributed by atoms with Gasteiger partial charge in [0.2, 0.25) is 0 Å². The molecule has 0 fully saturated rings. The first-order valence-corrected chi connectivity index (χ1v) is 3.02. The minimum Gasteiger partial charge on any atom is -0.246 e. The van der Waals surface area contributed by atoms with Crippen LogP contribution < -0.4 is 0 Å². The fourth-order valence-corrected chi connectivity index (χ4v) is 0.782. The zero-order valence-electron chi connectivity index (χ0n) is 5.64. The Morgan fingerprint density at radius 1 is 1.45 bits per heavy atom. The van der Waals surface area contributed by atoms with Crippen LogP contribution in [0.25, 0.3) is 0 Å². The molecule has 3 heteroatoms. The van der Waals surface area contributed by atoms with E-state index in [1.165, 1.54) is 6.07 Å². The quantitative estimate of drug-likeness (QED) is 0.606. The molecule has 0 heterocycles. The zero-order valence-corrected chi connectivity index (χ0v) is 5.64. The van der Waals surface area contributed by atoms with Gasteiger partial charge >= 0.3 is 0 Å². The predicted molar refractivity (Wildman–Crippen MR) is 35.9 cm³/mol. The first-order valence-electron chi connectivity index (χ1n) is 3.02. The molecule has 11 heavy (non-hydrogen) atoms. The third kappa shape index (κ3) is 1.53. The fourth-order valence-electron chi connectivity index (χ4n) is 0.782. The van der Waals surface area contributed by atoms with E-state index >= 15 is 0 Å². The van der Waals surface area contributed by atoms with E-state index in [-0.39, 0.29) is 11.1 Å². The molecule has 0 N–H and O–H groups in total. The Labute approximate surface area is 62.9 Å². The van der Waals surface area contributed by atoms with E-state index in [0.717, 1.165) is 12.1 Å². The Morgan fingerprint density at radius 3 is 2.73 bits per heavy atom. The third-order valence-electron chi connectivity index (χ3n) is 1.33. The summed E-state index contributed by atoms with van der Waals surface area (Å²) in [4.78, 5) is 0. The van der Waals surface area contributed by atoms with Crippen LogP contribution in [0.4, 0.5) is 8.78 Å². The van der Waals surface area contributed by atoms with Crippen LogP contribution in [0.5, 0.6) is 0 Å². The lowest BCUT2D eigenvalue weighted by molar-refractivity contribution is 0.481. The van der Waals surface area contributed by atoms with Crippen molar-refractivity contribution < 1.29 is 8.78 Å². The molecule has 0 amide bonds. The summed E-state index contributed by atoms with van der Waals surface area (Å²) in [5.74, 6) is -0.517. The van der Waals surface area contributed by atoms with E-state index in [0.29, 0.717) is 0 Å². The second kappa shape index (κ2) is 3.11. The van der Waals surface area contributed by atoms with Crippen molar-refractivity contribution in [3.8, 4) is 6.07 Å². The summed E-state index contributed by atoms with van der Waals surface area (Å²) in [6.07, 6.45) is 0. The molecule has 1 rings (SSSR count). The minimum atomic E-state index is -0.805. The maximum Gasteiger partial charge on any atom is 0.123 e. The average molecular weight is 153 g/mol. The lowest BCUT2D eigenvalue weighted by Crippen LogP contribution is -1.87. The summed E-state index contributed by atoms with van der Waals surface area (Å²) in [5, 5.41) is 8.40. The lowest BCUT2D eigenvalue weighted by Gasteiger charge is -1.96. The monoisotopic (exact) mass is 153 g/mol. The molecule has 0 aliphatic rings. The number of rotatable bonds is 1. The molecule has 0 spiro atoms. The highest BCUT2D eigenvalue weighted by Gasteiger charge is 2.01. The number of halogens is 2. The first-order chi connectivity index (χ1) is 5.27. The van der Waals surface area contributed by atoms with E-state index in [1.54, 1.807) is 6.07 Å². The maximum atomic E-state index is 12.4. The Bertz CT molecular complexity index is 301. The molecule has 0 aliphatic heterocycles. The Kier molecular flexibility index (Phi) is 2.17. The highest BCUT2D eigenvalue weighted by molar-refractivity contribution is 5.37. The maximum absolute atomic E-state index is 12.4. The third-order valence-corrected chi connectivity index (χ3v) is 1.33. The summed E-state index contributed by atoms with van der Waals surface area (Å²) in [6, 6.07) is 5.20. The van der Waals surface area contributed by atoms with E-state index < -0.39 is 12.5 Å². The van der Waals surface area contributed by atoms with Gasteiger partial charge < -0.3 is 0 Å². The highest BCUT2D eigenvalue weighted by Crippen LogP contribution is 2.10. The fraction of sp³-hybridized carbons (Fsp3) is 0.125. The Balaban J connectivity index is 3.19. The highest BCUT2D eigenvalue weighted by atomic mass is 19.1. The topological polar surface area (TPSA) is 23.8 Å². The van der Waals surface area contributed by atoms with Gasteiger partial charge in [-0.3, -0.25) is 0 Å². The van der Waals surface area contributed by atoms with Gasteiger partial charge in [-0.15, -0.1) is 0 Å². The van der Waals surface area contributed by atoms with Gasteiger partial charge in [-0.1, -0.05) is 0 Å². The average Bonchev–Trinajstić information content (AvgIpc) is 2.04. The van der Waals surface area contributed by atoms with Gasteiger partial charge in [-0.2, -0.15) is 5.26 Å². The van der Waals surface area contributed by atoms with Crippen LogP contribution in [0.15, 0.2) is 18.2 Å². The molecular weight excluding hydrogens is 148 g/mol. The first kappa shape index (κ1) is 7.67. The van der Waals surface area contributed by atoms with Gasteiger partial charge in [0.25, 0.3) is 0 Å². The molecule has 1 aromatic carbocycles. The van der Waals surface area contributed by atoms with Crippen molar-refractivity contribution in [2.75, 3.05) is 0 Å². The van der Waals surface area contributed by atoms with Crippen LogP contribution in [0, 0.1) is 17.1 Å². The van der Waals surface area contributed by atoms with E-state index in [9.17, 15) is 8.78 Å². The molecule has 56 valence electrons. The van der Waals surface area contributed by atoms with Crippen molar-refractivity contribution in [2.24, 2.45) is 0 Å². The molecule has 0 saturated carbocycles. The van der Waals surface area contributed by atoms with Gasteiger partial charge in [-0.05, 0) is 18.2 Å². The number of nitrogens with zero attached hydrogens (tertiary/aromatic N) is 1. The van der Waals surface area contributed by atoms with Crippen molar-refractivity contribution in [1.82, 2.24) is 0 Å². The van der Waals surface area contributed by atoms with Crippen LogP contribution in [0.3, 0.4) is 0 Å². The standard InChI is InChI=1S/C8H5F2N/c9-4-7-3-8(10)2-1-6(7)5-11/h1-3H,4H2. The summed E-state index contributed by atoms with van der Waals surface area (Å²) in [7, 11) is 0. The van der Waals surface area contributed by atoms with Gasteiger partial charge in [0.05, 0.1) is 11.6 Å². The molecule has 0 radical (unpaired) electrons. The van der Waals surface area contributed by atoms with Crippen LogP contribution in [-0.2, 0) is 6.67 Å². The van der Waals surface area contributed by atoms with E-state index in [2.05, 4.69) is 0 Å². The second-order valence-corrected chi connectivity index (χ2v) is 2.05. The minimum absolute atomic E-state index is 0.104. The SMILES string of the molecule is N#Cc1ccc(F)cc1CF. The molecule has 0 aliphatic carbocycles. The molecule has 0 atom stereocenters. The van der Waals surface area contributed by atoms with Crippen LogP contribution in [0.2, 0.25) is 0 Å². The molecule has 0 bridgehead atoms. The summed E-state index contributed by atoms with van der Waals surface area (Å²) in [5.41, 5.74) is 0.293. The number of nitriles is 1. The molecule has 0 unspecified atom stereocenters. The Hall–Kier alpha value is -1.43. The second-order valence-electron chi connectivity index (χ2n) is 2.05. The Morgan fingerprint density at radius 2 is 2.18 bits per heavy atom. The van der Waals surface area contributed by atoms with Crippen LogP contribution in [0.1, 0.15) is 11.1 Å². The normalized spacial score (nSPS) is 9.18. The zero-order chi connectivity index (χ0) is 8.27. The summed E-state index contributed by atoms with van der Waals surface area (Å²) < 4.78 is 24.4. The number of hydrogen-bond acceptors (Lipinski definition) is 1. The smallest absolute Gasteiger partial charge is 0.123 e. The van der Waals surface area contributed by atoms with Crippen molar-refractivity contribution in [1.29, 1.82) is 5.26 Å². The van der Waals surface area contributed by atoms with E-state index in [1.807, 2.05) is 0 Å². The van der Waals surface area contributed by atoms with Gasteiger partial charge in [0.15, 0.2) is 0 Å².